The van der Waals surface area contributed by atoms with Crippen LogP contribution in [0.5, 0.6) is 0 Å². The van der Waals surface area contributed by atoms with Gasteiger partial charge in [-0.3, -0.25) is 9.36 Å². The van der Waals surface area contributed by atoms with Crippen molar-refractivity contribution in [1.82, 2.24) is 14.5 Å². The number of carbonyl (C=O) groups is 1. The molecule has 0 radical (unpaired) electrons. The predicted octanol–water partition coefficient (Wildman–Crippen LogP) is 2.39. The Bertz CT molecular complexity index is 1070. The first-order valence-electron chi connectivity index (χ1n) is 7.67. The molecule has 0 aliphatic rings. The third-order valence-electron chi connectivity index (χ3n) is 3.69. The van der Waals surface area contributed by atoms with Crippen molar-refractivity contribution < 1.29 is 9.53 Å². The van der Waals surface area contributed by atoms with E-state index in [1.807, 2.05) is 12.3 Å². The summed E-state index contributed by atoms with van der Waals surface area (Å²) in [6, 6.07) is 12.0. The number of esters is 1. The van der Waals surface area contributed by atoms with Gasteiger partial charge in [0.15, 0.2) is 5.82 Å². The van der Waals surface area contributed by atoms with Gasteiger partial charge in [-0.2, -0.15) is 5.26 Å². The first-order valence-corrected chi connectivity index (χ1v) is 8.89. The topological polar surface area (TPSA) is 97.9 Å². The number of benzene rings is 1. The molecule has 3 rings (SSSR count). The number of rotatable bonds is 5. The molecule has 130 valence electrons. The van der Waals surface area contributed by atoms with E-state index in [2.05, 4.69) is 9.97 Å². The minimum Gasteiger partial charge on any atom is -0.454 e. The number of carbonyl (C=O) groups excluding carboxylic acids is 1. The number of thioether (sulfide) groups is 1. The van der Waals surface area contributed by atoms with Crippen LogP contribution in [0.4, 0.5) is 0 Å². The highest BCUT2D eigenvalue weighted by Gasteiger charge is 2.16. The number of pyridine rings is 1. The lowest BCUT2D eigenvalue weighted by molar-refractivity contribution is 0.0452. The molecule has 0 aliphatic heterocycles. The maximum atomic E-state index is 12.6. The van der Waals surface area contributed by atoms with E-state index in [1.165, 1.54) is 16.3 Å². The van der Waals surface area contributed by atoms with Crippen molar-refractivity contribution in [1.29, 1.82) is 5.26 Å². The van der Waals surface area contributed by atoms with Crippen molar-refractivity contribution in [3.05, 3.63) is 64.3 Å². The van der Waals surface area contributed by atoms with Crippen molar-refractivity contribution >= 4 is 28.6 Å². The molecule has 0 saturated carbocycles. The second-order valence-corrected chi connectivity index (χ2v) is 6.03. The molecule has 0 unspecified atom stereocenters. The number of fused-ring (bicyclic) bond motifs is 1. The first-order chi connectivity index (χ1) is 12.7. The smallest absolute Gasteiger partial charge is 0.341 e. The van der Waals surface area contributed by atoms with E-state index in [0.29, 0.717) is 21.5 Å². The highest BCUT2D eigenvalue weighted by molar-refractivity contribution is 7.98. The summed E-state index contributed by atoms with van der Waals surface area (Å²) in [6.45, 7) is -0.393. The summed E-state index contributed by atoms with van der Waals surface area (Å²) in [5, 5.41) is 9.97. The van der Waals surface area contributed by atoms with Crippen LogP contribution in [0.15, 0.2) is 52.4 Å². The SMILES string of the molecule is CSc1ncccc1C(=O)OCc1nc2ccccc2c(=O)n1CC#N. The lowest BCUT2D eigenvalue weighted by Gasteiger charge is -2.12. The van der Waals surface area contributed by atoms with Gasteiger partial charge in [0.1, 0.15) is 18.2 Å². The Hall–Kier alpha value is -3.18. The zero-order chi connectivity index (χ0) is 18.5. The third kappa shape index (κ3) is 3.43. The first kappa shape index (κ1) is 17.6. The summed E-state index contributed by atoms with van der Waals surface area (Å²) in [7, 11) is 0. The Labute approximate surface area is 153 Å². The van der Waals surface area contributed by atoms with Gasteiger partial charge in [-0.25, -0.2) is 14.8 Å². The van der Waals surface area contributed by atoms with Crippen molar-refractivity contribution in [3.8, 4) is 6.07 Å². The van der Waals surface area contributed by atoms with Crippen molar-refractivity contribution in [2.24, 2.45) is 0 Å². The van der Waals surface area contributed by atoms with Crippen LogP contribution in [-0.2, 0) is 17.9 Å². The van der Waals surface area contributed by atoms with Crippen LogP contribution in [0.3, 0.4) is 0 Å². The molecule has 2 aromatic heterocycles. The van der Waals surface area contributed by atoms with E-state index in [0.717, 1.165) is 0 Å². The lowest BCUT2D eigenvalue weighted by Crippen LogP contribution is -2.26. The summed E-state index contributed by atoms with van der Waals surface area (Å²) >= 11 is 1.34. The normalized spacial score (nSPS) is 10.5. The Balaban J connectivity index is 1.93. The van der Waals surface area contributed by atoms with Crippen molar-refractivity contribution in [2.75, 3.05) is 6.26 Å². The van der Waals surface area contributed by atoms with E-state index in [-0.39, 0.29) is 24.5 Å². The molecule has 0 bridgehead atoms. The fourth-order valence-electron chi connectivity index (χ4n) is 2.47. The van der Waals surface area contributed by atoms with E-state index < -0.39 is 5.97 Å². The molecule has 8 heteroatoms. The molecule has 2 heterocycles. The van der Waals surface area contributed by atoms with E-state index >= 15 is 0 Å². The summed E-state index contributed by atoms with van der Waals surface area (Å²) in [5.41, 5.74) is 0.494. The van der Waals surface area contributed by atoms with Crippen LogP contribution in [0, 0.1) is 11.3 Å². The largest absolute Gasteiger partial charge is 0.454 e. The molecule has 1 aromatic carbocycles. The Morgan fingerprint density at radius 2 is 2.12 bits per heavy atom. The predicted molar refractivity (Wildman–Crippen MR) is 96.8 cm³/mol. The van der Waals surface area contributed by atoms with Gasteiger partial charge in [0.2, 0.25) is 0 Å². The van der Waals surface area contributed by atoms with Gasteiger partial charge in [0.05, 0.1) is 22.5 Å². The van der Waals surface area contributed by atoms with Gasteiger partial charge < -0.3 is 4.74 Å². The fourth-order valence-corrected chi connectivity index (χ4v) is 3.01. The van der Waals surface area contributed by atoms with Gasteiger partial charge in [0.25, 0.3) is 5.56 Å². The Morgan fingerprint density at radius 1 is 1.31 bits per heavy atom. The quantitative estimate of drug-likeness (QED) is 0.505. The summed E-state index contributed by atoms with van der Waals surface area (Å²) in [4.78, 5) is 33.4. The second-order valence-electron chi connectivity index (χ2n) is 5.23. The summed E-state index contributed by atoms with van der Waals surface area (Å²) in [5.74, 6) is -0.341. The summed E-state index contributed by atoms with van der Waals surface area (Å²) < 4.78 is 6.54. The maximum absolute atomic E-state index is 12.6. The molecule has 0 N–H and O–H groups in total. The number of hydrogen-bond acceptors (Lipinski definition) is 7. The average molecular weight is 366 g/mol. The van der Waals surface area contributed by atoms with Crippen molar-refractivity contribution in [2.45, 2.75) is 18.2 Å². The minimum absolute atomic E-state index is 0.174. The standard InChI is InChI=1S/C18H14N4O3S/c1-26-16-13(6-4-9-20-16)18(24)25-11-15-21-14-7-3-2-5-12(14)17(23)22(15)10-8-19/h2-7,9H,10-11H2,1H3. The molecule has 26 heavy (non-hydrogen) atoms. The van der Waals surface area contributed by atoms with Crippen LogP contribution in [-0.4, -0.2) is 26.8 Å². The number of para-hydroxylation sites is 1. The minimum atomic E-state index is -0.562. The molecule has 0 fully saturated rings. The Morgan fingerprint density at radius 3 is 2.88 bits per heavy atom. The molecule has 0 amide bonds. The molecule has 0 aliphatic carbocycles. The number of nitriles is 1. The van der Waals surface area contributed by atoms with Crippen LogP contribution >= 0.6 is 11.8 Å². The second kappa shape index (κ2) is 7.80. The number of ether oxygens (including phenoxy) is 1. The molecular weight excluding hydrogens is 352 g/mol. The maximum Gasteiger partial charge on any atom is 0.341 e. The zero-order valence-electron chi connectivity index (χ0n) is 13.9. The molecule has 3 aromatic rings. The molecule has 0 saturated heterocycles. The van der Waals surface area contributed by atoms with E-state index in [1.54, 1.807) is 42.6 Å². The average Bonchev–Trinajstić information content (AvgIpc) is 2.68. The Kier molecular flexibility index (Phi) is 5.29. The molecular formula is C18H14N4O3S. The highest BCUT2D eigenvalue weighted by Crippen LogP contribution is 2.18. The molecule has 0 spiro atoms. The number of nitrogens with zero attached hydrogens (tertiary/aromatic N) is 4. The molecule has 7 nitrogen and oxygen atoms in total. The van der Waals surface area contributed by atoms with E-state index in [9.17, 15) is 9.59 Å². The lowest BCUT2D eigenvalue weighted by atomic mass is 10.2. The highest BCUT2D eigenvalue weighted by atomic mass is 32.2. The van der Waals surface area contributed by atoms with Crippen LogP contribution < -0.4 is 5.56 Å². The zero-order valence-corrected chi connectivity index (χ0v) is 14.7. The van der Waals surface area contributed by atoms with Gasteiger partial charge in [-0.05, 0) is 30.5 Å². The fraction of sp³-hybridized carbons (Fsp3) is 0.167. The molecule has 0 atom stereocenters. The van der Waals surface area contributed by atoms with Crippen molar-refractivity contribution in [3.63, 3.8) is 0 Å². The number of hydrogen-bond donors (Lipinski definition) is 0. The van der Waals surface area contributed by atoms with Gasteiger partial charge in [-0.1, -0.05) is 12.1 Å². The van der Waals surface area contributed by atoms with Crippen LogP contribution in [0.2, 0.25) is 0 Å². The third-order valence-corrected chi connectivity index (χ3v) is 4.40. The van der Waals surface area contributed by atoms with Crippen LogP contribution in [0.1, 0.15) is 16.2 Å². The van der Waals surface area contributed by atoms with Crippen LogP contribution in [0.25, 0.3) is 10.9 Å². The van der Waals surface area contributed by atoms with Gasteiger partial charge in [0, 0.05) is 6.20 Å². The van der Waals surface area contributed by atoms with Gasteiger partial charge >= 0.3 is 5.97 Å². The van der Waals surface area contributed by atoms with E-state index in [4.69, 9.17) is 10.00 Å². The number of aromatic nitrogens is 3. The van der Waals surface area contributed by atoms with Gasteiger partial charge in [-0.15, -0.1) is 11.8 Å². The summed E-state index contributed by atoms with van der Waals surface area (Å²) in [6.07, 6.45) is 3.41. The monoisotopic (exact) mass is 366 g/mol.